The molecular formula is C14H20O5-2. The first-order valence-corrected chi connectivity index (χ1v) is 6.09. The Kier molecular flexibility index (Phi) is 7.08. The second kappa shape index (κ2) is 7.74. The first kappa shape index (κ1) is 17.4. The molecule has 0 atom stereocenters. The Balaban J connectivity index is 4.93. The molecule has 0 aliphatic heterocycles. The van der Waals surface area contributed by atoms with Crippen LogP contribution in [0.4, 0.5) is 0 Å². The minimum Gasteiger partial charge on any atom is -0.545 e. The van der Waals surface area contributed by atoms with Crippen molar-refractivity contribution >= 4 is 11.9 Å². The highest BCUT2D eigenvalue weighted by Gasteiger charge is 2.15. The van der Waals surface area contributed by atoms with E-state index in [-0.39, 0.29) is 36.2 Å². The molecule has 0 aliphatic rings. The Morgan fingerprint density at radius 1 is 1.00 bits per heavy atom. The molecular weight excluding hydrogens is 248 g/mol. The van der Waals surface area contributed by atoms with Gasteiger partial charge in [0, 0.05) is 5.57 Å². The quantitative estimate of drug-likeness (QED) is 0.562. The van der Waals surface area contributed by atoms with E-state index in [0.717, 1.165) is 5.57 Å². The number of carbonyl (C=O) groups is 2. The molecule has 0 fully saturated rings. The monoisotopic (exact) mass is 268 g/mol. The van der Waals surface area contributed by atoms with Gasteiger partial charge in [0.1, 0.15) is 0 Å². The lowest BCUT2D eigenvalue weighted by Gasteiger charge is -2.22. The zero-order valence-electron chi connectivity index (χ0n) is 11.8. The maximum atomic E-state index is 11.2. The van der Waals surface area contributed by atoms with Crippen molar-refractivity contribution in [1.29, 1.82) is 0 Å². The molecule has 0 unspecified atom stereocenters. The van der Waals surface area contributed by atoms with E-state index in [4.69, 9.17) is 4.74 Å². The molecule has 0 aromatic heterocycles. The van der Waals surface area contributed by atoms with Gasteiger partial charge < -0.3 is 24.5 Å². The molecule has 5 heteroatoms. The molecule has 0 radical (unpaired) electrons. The maximum Gasteiger partial charge on any atom is 0.0738 e. The van der Waals surface area contributed by atoms with Gasteiger partial charge in [-0.05, 0) is 17.4 Å². The van der Waals surface area contributed by atoms with Crippen molar-refractivity contribution in [1.82, 2.24) is 0 Å². The van der Waals surface area contributed by atoms with Crippen molar-refractivity contribution in [2.24, 2.45) is 11.8 Å². The molecule has 0 N–H and O–H groups in total. The van der Waals surface area contributed by atoms with Crippen LogP contribution in [0.25, 0.3) is 0 Å². The van der Waals surface area contributed by atoms with Crippen molar-refractivity contribution in [2.75, 3.05) is 13.2 Å². The van der Waals surface area contributed by atoms with Crippen LogP contribution in [-0.4, -0.2) is 25.2 Å². The SMILES string of the molecule is C=C(COCC(C(=O)[O-])=C(C(C)C)C(C)C)C(=O)[O-]. The molecule has 0 heterocycles. The zero-order chi connectivity index (χ0) is 15.2. The van der Waals surface area contributed by atoms with Gasteiger partial charge in [0.25, 0.3) is 0 Å². The lowest BCUT2D eigenvalue weighted by atomic mass is 9.88. The van der Waals surface area contributed by atoms with Crippen LogP contribution in [0.3, 0.4) is 0 Å². The van der Waals surface area contributed by atoms with E-state index in [1.165, 1.54) is 0 Å². The van der Waals surface area contributed by atoms with E-state index in [0.29, 0.717) is 0 Å². The second-order valence-electron chi connectivity index (χ2n) is 4.91. The number of allylic oxidation sites excluding steroid dienone is 1. The summed E-state index contributed by atoms with van der Waals surface area (Å²) in [6.07, 6.45) is 0. The van der Waals surface area contributed by atoms with Crippen LogP contribution in [-0.2, 0) is 14.3 Å². The van der Waals surface area contributed by atoms with Crippen LogP contribution in [0.15, 0.2) is 23.3 Å². The van der Waals surface area contributed by atoms with Gasteiger partial charge in [-0.1, -0.05) is 39.8 Å². The normalized spacial score (nSPS) is 10.6. The first-order chi connectivity index (χ1) is 8.68. The van der Waals surface area contributed by atoms with Gasteiger partial charge in [-0.3, -0.25) is 0 Å². The molecule has 0 rings (SSSR count). The van der Waals surface area contributed by atoms with Gasteiger partial charge in [-0.2, -0.15) is 0 Å². The molecule has 108 valence electrons. The van der Waals surface area contributed by atoms with Gasteiger partial charge in [0.05, 0.1) is 25.2 Å². The standard InChI is InChI=1S/C14H22O5/c1-8(2)12(9(3)4)11(14(17)18)7-19-6-10(5)13(15)16/h8-9H,5-7H2,1-4H3,(H,15,16)(H,17,18)/p-2. The second-order valence-corrected chi connectivity index (χ2v) is 4.91. The number of ether oxygens (including phenoxy) is 1. The first-order valence-electron chi connectivity index (χ1n) is 6.09. The number of aliphatic carboxylic acids is 2. The van der Waals surface area contributed by atoms with Crippen LogP contribution in [0.2, 0.25) is 0 Å². The topological polar surface area (TPSA) is 89.5 Å². The summed E-state index contributed by atoms with van der Waals surface area (Å²) in [6, 6.07) is 0. The third-order valence-corrected chi connectivity index (χ3v) is 2.65. The Morgan fingerprint density at radius 3 is 1.79 bits per heavy atom. The highest BCUT2D eigenvalue weighted by molar-refractivity contribution is 5.86. The summed E-state index contributed by atoms with van der Waals surface area (Å²) in [5.74, 6) is -2.62. The molecule has 0 aromatic carbocycles. The number of hydrogen-bond acceptors (Lipinski definition) is 5. The fraction of sp³-hybridized carbons (Fsp3) is 0.571. The van der Waals surface area contributed by atoms with E-state index in [2.05, 4.69) is 6.58 Å². The van der Waals surface area contributed by atoms with Gasteiger partial charge in [0.15, 0.2) is 0 Å². The molecule has 0 spiro atoms. The van der Waals surface area contributed by atoms with Crippen molar-refractivity contribution in [3.63, 3.8) is 0 Å². The lowest BCUT2D eigenvalue weighted by molar-refractivity contribution is -0.300. The predicted molar refractivity (Wildman–Crippen MR) is 66.7 cm³/mol. The Hall–Kier alpha value is -1.62. The fourth-order valence-corrected chi connectivity index (χ4v) is 1.96. The molecule has 19 heavy (non-hydrogen) atoms. The van der Waals surface area contributed by atoms with Gasteiger partial charge in [0.2, 0.25) is 0 Å². The van der Waals surface area contributed by atoms with E-state index >= 15 is 0 Å². The van der Waals surface area contributed by atoms with Gasteiger partial charge >= 0.3 is 0 Å². The van der Waals surface area contributed by atoms with Crippen LogP contribution in [0.1, 0.15) is 27.7 Å². The minimum absolute atomic E-state index is 0.0424. The zero-order valence-corrected chi connectivity index (χ0v) is 11.8. The Bertz CT molecular complexity index is 381. The Morgan fingerprint density at radius 2 is 1.47 bits per heavy atom. The van der Waals surface area contributed by atoms with Gasteiger partial charge in [-0.25, -0.2) is 0 Å². The number of carbonyl (C=O) groups excluding carboxylic acids is 2. The number of hydrogen-bond donors (Lipinski definition) is 0. The van der Waals surface area contributed by atoms with E-state index in [1.807, 2.05) is 27.7 Å². The number of carboxylic acid groups (broad SMARTS) is 2. The largest absolute Gasteiger partial charge is 0.545 e. The summed E-state index contributed by atoms with van der Waals surface area (Å²) in [6.45, 7) is 10.3. The smallest absolute Gasteiger partial charge is 0.0738 e. The summed E-state index contributed by atoms with van der Waals surface area (Å²) in [5, 5.41) is 21.6. The highest BCUT2D eigenvalue weighted by Crippen LogP contribution is 2.23. The van der Waals surface area contributed by atoms with Gasteiger partial charge in [-0.15, -0.1) is 0 Å². The van der Waals surface area contributed by atoms with Crippen molar-refractivity contribution in [2.45, 2.75) is 27.7 Å². The summed E-state index contributed by atoms with van der Waals surface area (Å²) in [7, 11) is 0. The highest BCUT2D eigenvalue weighted by atomic mass is 16.5. The third-order valence-electron chi connectivity index (χ3n) is 2.65. The molecule has 0 aliphatic carbocycles. The van der Waals surface area contributed by atoms with Crippen LogP contribution >= 0.6 is 0 Å². The summed E-state index contributed by atoms with van der Waals surface area (Å²) < 4.78 is 5.06. The molecule has 0 bridgehead atoms. The fourth-order valence-electron chi connectivity index (χ4n) is 1.96. The van der Waals surface area contributed by atoms with E-state index < -0.39 is 11.9 Å². The summed E-state index contributed by atoms with van der Waals surface area (Å²) >= 11 is 0. The summed E-state index contributed by atoms with van der Waals surface area (Å²) in [4.78, 5) is 21.6. The van der Waals surface area contributed by atoms with E-state index in [1.54, 1.807) is 0 Å². The minimum atomic E-state index is -1.41. The molecule has 5 nitrogen and oxygen atoms in total. The maximum absolute atomic E-state index is 11.2. The van der Waals surface area contributed by atoms with Crippen molar-refractivity contribution in [3.05, 3.63) is 23.3 Å². The van der Waals surface area contributed by atoms with Crippen LogP contribution in [0, 0.1) is 11.8 Å². The van der Waals surface area contributed by atoms with Crippen molar-refractivity contribution in [3.8, 4) is 0 Å². The molecule has 0 aromatic rings. The molecule has 0 saturated heterocycles. The average Bonchev–Trinajstić information content (AvgIpc) is 2.25. The number of carboxylic acids is 2. The molecule has 0 saturated carbocycles. The van der Waals surface area contributed by atoms with Crippen LogP contribution < -0.4 is 10.2 Å². The number of rotatable bonds is 8. The van der Waals surface area contributed by atoms with E-state index in [9.17, 15) is 19.8 Å². The molecule has 0 amide bonds. The van der Waals surface area contributed by atoms with Crippen LogP contribution in [0.5, 0.6) is 0 Å². The Labute approximate surface area is 113 Å². The average molecular weight is 268 g/mol. The predicted octanol–water partition coefficient (Wildman–Crippen LogP) is -0.332. The summed E-state index contributed by atoms with van der Waals surface area (Å²) in [5.41, 5.74) is 0.573. The van der Waals surface area contributed by atoms with Crippen molar-refractivity contribution < 1.29 is 24.5 Å². The third kappa shape index (κ3) is 5.70. The lowest BCUT2D eigenvalue weighted by Crippen LogP contribution is -2.31.